The fraction of sp³-hybridized carbons (Fsp3) is 0.250. The normalized spacial score (nSPS) is 9.70. The van der Waals surface area contributed by atoms with E-state index >= 15 is 0 Å². The van der Waals surface area contributed by atoms with Gasteiger partial charge < -0.3 is 10.2 Å². The van der Waals surface area contributed by atoms with Gasteiger partial charge in [-0.25, -0.2) is 0 Å². The Balaban J connectivity index is 3.08. The summed E-state index contributed by atoms with van der Waals surface area (Å²) < 4.78 is 5.16. The van der Waals surface area contributed by atoms with E-state index in [1.165, 1.54) is 0 Å². The van der Waals surface area contributed by atoms with Crippen LogP contribution in [-0.4, -0.2) is 0 Å². The lowest BCUT2D eigenvalue weighted by Crippen LogP contribution is -1.77. The molecule has 0 aliphatic rings. The molecule has 0 unspecified atom stereocenters. The van der Waals surface area contributed by atoms with Crippen LogP contribution in [-0.2, 0) is 6.42 Å². The van der Waals surface area contributed by atoms with Crippen LogP contribution in [0.4, 0.5) is 5.88 Å². The molecule has 1 rings (SSSR count). The first-order valence-electron chi connectivity index (χ1n) is 3.28. The van der Waals surface area contributed by atoms with Gasteiger partial charge >= 0.3 is 0 Å². The van der Waals surface area contributed by atoms with E-state index in [-0.39, 0.29) is 0 Å². The second kappa shape index (κ2) is 2.60. The molecule has 0 amide bonds. The fourth-order valence-electron chi connectivity index (χ4n) is 0.913. The van der Waals surface area contributed by atoms with Crippen molar-refractivity contribution in [2.24, 2.45) is 0 Å². The largest absolute Gasteiger partial charge is 0.445 e. The van der Waals surface area contributed by atoms with E-state index in [9.17, 15) is 0 Å². The number of rotatable bonds is 2. The molecular formula is C8H11NO. The molecular weight excluding hydrogens is 126 g/mol. The second-order valence-corrected chi connectivity index (χ2v) is 2.08. The highest BCUT2D eigenvalue weighted by Gasteiger charge is 2.02. The van der Waals surface area contributed by atoms with E-state index in [2.05, 4.69) is 6.58 Å². The number of nitrogens with two attached hydrogens (primary N) is 1. The summed E-state index contributed by atoms with van der Waals surface area (Å²) in [5.41, 5.74) is 6.42. The number of hydrogen-bond donors (Lipinski definition) is 1. The molecule has 0 radical (unpaired) electrons. The molecule has 54 valence electrons. The topological polar surface area (TPSA) is 39.2 Å². The van der Waals surface area contributed by atoms with Crippen LogP contribution in [0.5, 0.6) is 0 Å². The molecule has 0 saturated heterocycles. The molecule has 0 aromatic carbocycles. The summed E-state index contributed by atoms with van der Waals surface area (Å²) in [6.45, 7) is 5.66. The van der Waals surface area contributed by atoms with Crippen LogP contribution in [0, 0.1) is 0 Å². The summed E-state index contributed by atoms with van der Waals surface area (Å²) in [5, 5.41) is 0. The summed E-state index contributed by atoms with van der Waals surface area (Å²) in [6, 6.07) is 1.78. The predicted molar refractivity (Wildman–Crippen MR) is 42.6 cm³/mol. The summed E-state index contributed by atoms with van der Waals surface area (Å²) in [4.78, 5) is 0. The summed E-state index contributed by atoms with van der Waals surface area (Å²) in [7, 11) is 0. The Hall–Kier alpha value is -1.18. The molecule has 1 aromatic rings. The molecule has 0 atom stereocenters. The SMILES string of the molecule is C=Cc1cc(N)oc1CC. The average Bonchev–Trinajstić information content (AvgIpc) is 2.30. The molecule has 0 aliphatic heterocycles. The third-order valence-electron chi connectivity index (χ3n) is 1.40. The molecule has 0 bridgehead atoms. The van der Waals surface area contributed by atoms with Crippen molar-refractivity contribution in [3.05, 3.63) is 24.0 Å². The van der Waals surface area contributed by atoms with Crippen LogP contribution < -0.4 is 5.73 Å². The van der Waals surface area contributed by atoms with E-state index in [1.54, 1.807) is 12.1 Å². The molecule has 0 aliphatic carbocycles. The molecule has 1 heterocycles. The fourth-order valence-corrected chi connectivity index (χ4v) is 0.913. The van der Waals surface area contributed by atoms with E-state index in [4.69, 9.17) is 10.2 Å². The van der Waals surface area contributed by atoms with Crippen molar-refractivity contribution in [2.75, 3.05) is 5.73 Å². The summed E-state index contributed by atoms with van der Waals surface area (Å²) >= 11 is 0. The average molecular weight is 137 g/mol. The molecule has 2 heteroatoms. The van der Waals surface area contributed by atoms with Crippen molar-refractivity contribution in [1.82, 2.24) is 0 Å². The van der Waals surface area contributed by atoms with Gasteiger partial charge in [-0.15, -0.1) is 0 Å². The minimum Gasteiger partial charge on any atom is -0.445 e. The van der Waals surface area contributed by atoms with Crippen LogP contribution >= 0.6 is 0 Å². The summed E-state index contributed by atoms with van der Waals surface area (Å²) in [6.07, 6.45) is 2.61. The van der Waals surface area contributed by atoms with Gasteiger partial charge in [-0.05, 0) is 0 Å². The second-order valence-electron chi connectivity index (χ2n) is 2.08. The molecule has 0 spiro atoms. The van der Waals surface area contributed by atoms with Crippen LogP contribution in [0.25, 0.3) is 6.08 Å². The Morgan fingerprint density at radius 1 is 1.80 bits per heavy atom. The van der Waals surface area contributed by atoms with Gasteiger partial charge in [-0.1, -0.05) is 19.6 Å². The van der Waals surface area contributed by atoms with Crippen molar-refractivity contribution < 1.29 is 4.42 Å². The van der Waals surface area contributed by atoms with Gasteiger partial charge in [0.05, 0.1) is 0 Å². The zero-order valence-electron chi connectivity index (χ0n) is 6.05. The Kier molecular flexibility index (Phi) is 1.81. The molecule has 0 saturated carbocycles. The van der Waals surface area contributed by atoms with Crippen molar-refractivity contribution in [3.63, 3.8) is 0 Å². The Morgan fingerprint density at radius 2 is 2.50 bits per heavy atom. The number of hydrogen-bond acceptors (Lipinski definition) is 2. The van der Waals surface area contributed by atoms with Gasteiger partial charge in [-0.2, -0.15) is 0 Å². The maximum absolute atomic E-state index is 5.42. The van der Waals surface area contributed by atoms with Crippen LogP contribution in [0.1, 0.15) is 18.2 Å². The maximum Gasteiger partial charge on any atom is 0.191 e. The quantitative estimate of drug-likeness (QED) is 0.677. The van der Waals surface area contributed by atoms with Gasteiger partial charge in [0, 0.05) is 18.1 Å². The molecule has 2 nitrogen and oxygen atoms in total. The van der Waals surface area contributed by atoms with Gasteiger partial charge in [0.25, 0.3) is 0 Å². The molecule has 0 fully saturated rings. The van der Waals surface area contributed by atoms with E-state index in [1.807, 2.05) is 6.92 Å². The zero-order chi connectivity index (χ0) is 7.56. The molecule has 10 heavy (non-hydrogen) atoms. The van der Waals surface area contributed by atoms with E-state index in [0.717, 1.165) is 17.7 Å². The van der Waals surface area contributed by atoms with Gasteiger partial charge in [0.15, 0.2) is 5.88 Å². The first-order valence-corrected chi connectivity index (χ1v) is 3.28. The third kappa shape index (κ3) is 1.05. The molecule has 2 N–H and O–H groups in total. The highest BCUT2D eigenvalue weighted by Crippen LogP contribution is 2.18. The smallest absolute Gasteiger partial charge is 0.191 e. The summed E-state index contributed by atoms with van der Waals surface area (Å²) in [5.74, 6) is 1.37. The van der Waals surface area contributed by atoms with Crippen LogP contribution in [0.2, 0.25) is 0 Å². The van der Waals surface area contributed by atoms with Gasteiger partial charge in [-0.3, -0.25) is 0 Å². The Morgan fingerprint density at radius 3 is 2.90 bits per heavy atom. The van der Waals surface area contributed by atoms with Crippen molar-refractivity contribution in [1.29, 1.82) is 0 Å². The van der Waals surface area contributed by atoms with E-state index in [0.29, 0.717) is 5.88 Å². The first kappa shape index (κ1) is 6.93. The lowest BCUT2D eigenvalue weighted by atomic mass is 10.2. The minimum atomic E-state index is 0.465. The monoisotopic (exact) mass is 137 g/mol. The Labute approximate surface area is 60.3 Å². The first-order chi connectivity index (χ1) is 4.77. The number of anilines is 1. The molecule has 1 aromatic heterocycles. The minimum absolute atomic E-state index is 0.465. The van der Waals surface area contributed by atoms with Crippen molar-refractivity contribution >= 4 is 12.0 Å². The third-order valence-corrected chi connectivity index (χ3v) is 1.40. The van der Waals surface area contributed by atoms with E-state index < -0.39 is 0 Å². The van der Waals surface area contributed by atoms with Crippen LogP contribution in [0.15, 0.2) is 17.1 Å². The number of furan rings is 1. The number of nitrogen functional groups attached to an aromatic ring is 1. The Bertz CT molecular complexity index is 237. The lowest BCUT2D eigenvalue weighted by molar-refractivity contribution is 0.533. The standard InChI is InChI=1S/C8H11NO/c1-3-6-5-8(9)10-7(6)4-2/h3,5H,1,4,9H2,2H3. The number of aryl methyl sites for hydroxylation is 1. The van der Waals surface area contributed by atoms with Gasteiger partial charge in [0.1, 0.15) is 5.76 Å². The zero-order valence-corrected chi connectivity index (χ0v) is 6.05. The lowest BCUT2D eigenvalue weighted by Gasteiger charge is -1.88. The van der Waals surface area contributed by atoms with Crippen molar-refractivity contribution in [2.45, 2.75) is 13.3 Å². The van der Waals surface area contributed by atoms with Crippen LogP contribution in [0.3, 0.4) is 0 Å². The highest BCUT2D eigenvalue weighted by atomic mass is 16.4. The predicted octanol–water partition coefficient (Wildman–Crippen LogP) is 2.07. The van der Waals surface area contributed by atoms with Crippen molar-refractivity contribution in [3.8, 4) is 0 Å². The maximum atomic E-state index is 5.42. The highest BCUT2D eigenvalue weighted by molar-refractivity contribution is 5.53. The van der Waals surface area contributed by atoms with Gasteiger partial charge in [0.2, 0.25) is 0 Å².